The van der Waals surface area contributed by atoms with Gasteiger partial charge in [-0.1, -0.05) is 12.1 Å². The van der Waals surface area contributed by atoms with Crippen LogP contribution in [0.1, 0.15) is 24.2 Å². The Morgan fingerprint density at radius 1 is 1.23 bits per heavy atom. The molecule has 3 rings (SSSR count). The molecule has 7 nitrogen and oxygen atoms in total. The van der Waals surface area contributed by atoms with Crippen LogP contribution in [-0.4, -0.2) is 29.6 Å². The number of fused-ring (bicyclic) bond motifs is 1. The number of esters is 1. The quantitative estimate of drug-likeness (QED) is 0.682. The van der Waals surface area contributed by atoms with Crippen LogP contribution in [0.3, 0.4) is 0 Å². The highest BCUT2D eigenvalue weighted by molar-refractivity contribution is 5.99. The van der Waals surface area contributed by atoms with E-state index in [1.165, 1.54) is 19.4 Å². The van der Waals surface area contributed by atoms with E-state index in [1.54, 1.807) is 30.3 Å². The van der Waals surface area contributed by atoms with Crippen molar-refractivity contribution in [3.8, 4) is 5.75 Å². The minimum absolute atomic E-state index is 0.281. The highest BCUT2D eigenvalue weighted by atomic mass is 16.5. The molecule has 0 saturated heterocycles. The fourth-order valence-electron chi connectivity index (χ4n) is 2.35. The van der Waals surface area contributed by atoms with E-state index in [0.717, 1.165) is 0 Å². The van der Waals surface area contributed by atoms with Gasteiger partial charge in [0.15, 0.2) is 18.1 Å². The van der Waals surface area contributed by atoms with Crippen molar-refractivity contribution >= 4 is 28.7 Å². The van der Waals surface area contributed by atoms with Gasteiger partial charge in [-0.05, 0) is 44.2 Å². The molecule has 1 aromatic heterocycles. The highest BCUT2D eigenvalue weighted by Gasteiger charge is 2.20. The maximum atomic E-state index is 12.3. The van der Waals surface area contributed by atoms with E-state index < -0.39 is 18.0 Å². The number of ether oxygens (including phenoxy) is 2. The lowest BCUT2D eigenvalue weighted by Gasteiger charge is -2.15. The summed E-state index contributed by atoms with van der Waals surface area (Å²) in [6, 6.07) is 11.8. The molecule has 3 aromatic rings. The maximum Gasteiger partial charge on any atom is 0.339 e. The molecule has 1 N–H and O–H groups in total. The normalized spacial score (nSPS) is 11.8. The molecule has 7 heteroatoms. The number of carbonyl (C=O) groups is 2. The molecule has 0 aliphatic rings. The van der Waals surface area contributed by atoms with Crippen molar-refractivity contribution < 1.29 is 23.5 Å². The fraction of sp³-hybridized carbons (Fsp3) is 0.211. The van der Waals surface area contributed by atoms with E-state index in [1.807, 2.05) is 13.0 Å². The lowest BCUT2D eigenvalue weighted by molar-refractivity contribution is -0.123. The predicted molar refractivity (Wildman–Crippen MR) is 95.1 cm³/mol. The third-order valence-electron chi connectivity index (χ3n) is 3.66. The number of oxazole rings is 1. The smallest absolute Gasteiger partial charge is 0.339 e. The number of hydrogen-bond donors (Lipinski definition) is 1. The van der Waals surface area contributed by atoms with Gasteiger partial charge in [-0.15, -0.1) is 0 Å². The summed E-state index contributed by atoms with van der Waals surface area (Å²) in [7, 11) is 0. The molecule has 0 radical (unpaired) electrons. The first-order valence-corrected chi connectivity index (χ1v) is 8.15. The van der Waals surface area contributed by atoms with E-state index >= 15 is 0 Å². The first-order chi connectivity index (χ1) is 12.6. The van der Waals surface area contributed by atoms with Gasteiger partial charge in [0.1, 0.15) is 11.3 Å². The molecule has 26 heavy (non-hydrogen) atoms. The predicted octanol–water partition coefficient (Wildman–Crippen LogP) is 3.41. The lowest BCUT2D eigenvalue weighted by atomic mass is 10.2. The molecular formula is C19H18N2O5. The van der Waals surface area contributed by atoms with Gasteiger partial charge in [0.2, 0.25) is 0 Å². The minimum Gasteiger partial charge on any atom is -0.492 e. The fourth-order valence-corrected chi connectivity index (χ4v) is 2.35. The van der Waals surface area contributed by atoms with E-state index in [2.05, 4.69) is 10.3 Å². The Labute approximate surface area is 149 Å². The first-order valence-electron chi connectivity index (χ1n) is 8.15. The first kappa shape index (κ1) is 17.5. The molecule has 134 valence electrons. The largest absolute Gasteiger partial charge is 0.492 e. The van der Waals surface area contributed by atoms with Gasteiger partial charge in [0.25, 0.3) is 5.91 Å². The second-order valence-corrected chi connectivity index (χ2v) is 5.50. The number of anilines is 1. The summed E-state index contributed by atoms with van der Waals surface area (Å²) in [6.07, 6.45) is 0.314. The summed E-state index contributed by atoms with van der Waals surface area (Å²) in [6.45, 7) is 3.83. The average Bonchev–Trinajstić information content (AvgIpc) is 3.11. The third-order valence-corrected chi connectivity index (χ3v) is 3.66. The Morgan fingerprint density at radius 2 is 2.04 bits per heavy atom. The molecular weight excluding hydrogens is 336 g/mol. The molecule has 0 fully saturated rings. The molecule has 0 aliphatic carbocycles. The van der Waals surface area contributed by atoms with Crippen molar-refractivity contribution in [2.24, 2.45) is 0 Å². The van der Waals surface area contributed by atoms with Crippen LogP contribution < -0.4 is 10.1 Å². The van der Waals surface area contributed by atoms with E-state index in [-0.39, 0.29) is 5.56 Å². The Balaban J connectivity index is 1.66. The second kappa shape index (κ2) is 7.69. The number of nitrogens with zero attached hydrogens (tertiary/aromatic N) is 1. The molecule has 1 amide bonds. The Kier molecular flexibility index (Phi) is 5.17. The zero-order chi connectivity index (χ0) is 18.5. The maximum absolute atomic E-state index is 12.3. The molecule has 1 unspecified atom stereocenters. The van der Waals surface area contributed by atoms with Gasteiger partial charge < -0.3 is 19.2 Å². The average molecular weight is 354 g/mol. The van der Waals surface area contributed by atoms with Gasteiger partial charge in [-0.3, -0.25) is 4.79 Å². The summed E-state index contributed by atoms with van der Waals surface area (Å²) in [5.41, 5.74) is 1.91. The monoisotopic (exact) mass is 354 g/mol. The van der Waals surface area contributed by atoms with E-state index in [4.69, 9.17) is 13.9 Å². The minimum atomic E-state index is -0.984. The summed E-state index contributed by atoms with van der Waals surface area (Å²) < 4.78 is 15.9. The Morgan fingerprint density at radius 3 is 2.85 bits per heavy atom. The number of carbonyl (C=O) groups excluding carboxylic acids is 2. The second-order valence-electron chi connectivity index (χ2n) is 5.50. The number of benzene rings is 2. The van der Waals surface area contributed by atoms with Crippen molar-refractivity contribution in [1.82, 2.24) is 4.98 Å². The van der Waals surface area contributed by atoms with Crippen LogP contribution in [0.2, 0.25) is 0 Å². The van der Waals surface area contributed by atoms with Gasteiger partial charge in [0, 0.05) is 0 Å². The van der Waals surface area contributed by atoms with E-state index in [9.17, 15) is 9.59 Å². The molecule has 2 aromatic carbocycles. The van der Waals surface area contributed by atoms with Crippen LogP contribution in [-0.2, 0) is 9.53 Å². The number of para-hydroxylation sites is 2. The van der Waals surface area contributed by atoms with Crippen molar-refractivity contribution in [2.45, 2.75) is 20.0 Å². The van der Waals surface area contributed by atoms with Crippen LogP contribution in [0.4, 0.5) is 5.69 Å². The van der Waals surface area contributed by atoms with Crippen molar-refractivity contribution in [3.63, 3.8) is 0 Å². The zero-order valence-electron chi connectivity index (χ0n) is 14.4. The summed E-state index contributed by atoms with van der Waals surface area (Å²) in [5.74, 6) is -0.520. The number of rotatable bonds is 6. The summed E-state index contributed by atoms with van der Waals surface area (Å²) >= 11 is 0. The Bertz CT molecular complexity index is 934. The Hall–Kier alpha value is -3.35. The van der Waals surface area contributed by atoms with Crippen molar-refractivity contribution in [1.29, 1.82) is 0 Å². The zero-order valence-corrected chi connectivity index (χ0v) is 14.4. The van der Waals surface area contributed by atoms with Gasteiger partial charge in [-0.25, -0.2) is 9.78 Å². The van der Waals surface area contributed by atoms with Gasteiger partial charge in [-0.2, -0.15) is 0 Å². The van der Waals surface area contributed by atoms with Crippen LogP contribution in [0.15, 0.2) is 53.3 Å². The highest BCUT2D eigenvalue weighted by Crippen LogP contribution is 2.24. The molecule has 0 bridgehead atoms. The third kappa shape index (κ3) is 3.83. The lowest BCUT2D eigenvalue weighted by Crippen LogP contribution is -2.30. The molecule has 0 saturated carbocycles. The van der Waals surface area contributed by atoms with Crippen LogP contribution >= 0.6 is 0 Å². The van der Waals surface area contributed by atoms with E-state index in [0.29, 0.717) is 29.1 Å². The number of nitrogens with one attached hydrogen (secondary N) is 1. The summed E-state index contributed by atoms with van der Waals surface area (Å²) in [4.78, 5) is 28.6. The SMILES string of the molecule is CCOc1ccccc1NC(=O)C(C)OC(=O)c1ccc2ncoc2c1. The molecule has 0 aliphatic heterocycles. The van der Waals surface area contributed by atoms with Gasteiger partial charge >= 0.3 is 5.97 Å². The number of hydrogen-bond acceptors (Lipinski definition) is 6. The number of amides is 1. The van der Waals surface area contributed by atoms with Crippen LogP contribution in [0.25, 0.3) is 11.1 Å². The van der Waals surface area contributed by atoms with Crippen molar-refractivity contribution in [2.75, 3.05) is 11.9 Å². The molecule has 1 atom stereocenters. The topological polar surface area (TPSA) is 90.7 Å². The van der Waals surface area contributed by atoms with Crippen molar-refractivity contribution in [3.05, 3.63) is 54.4 Å². The molecule has 0 spiro atoms. The summed E-state index contributed by atoms with van der Waals surface area (Å²) in [5, 5.41) is 2.71. The molecule has 1 heterocycles. The van der Waals surface area contributed by atoms with Gasteiger partial charge in [0.05, 0.1) is 17.9 Å². The standard InChI is InChI=1S/C19H18N2O5/c1-3-24-16-7-5-4-6-15(16)21-18(22)12(2)26-19(23)13-8-9-14-17(10-13)25-11-20-14/h4-12H,3H2,1-2H3,(H,21,22). The van der Waals surface area contributed by atoms with Crippen LogP contribution in [0, 0.1) is 0 Å². The number of aromatic nitrogens is 1. The van der Waals surface area contributed by atoms with Crippen LogP contribution in [0.5, 0.6) is 5.75 Å².